The monoisotopic (exact) mass is 315 g/mol. The molecule has 2 aliphatic heterocycles. The number of hydroxylamine groups is 2. The summed E-state index contributed by atoms with van der Waals surface area (Å²) in [6, 6.07) is -0.334. The van der Waals surface area contributed by atoms with Crippen LogP contribution in [0.25, 0.3) is 11.8 Å². The third kappa shape index (κ3) is 2.88. The molecule has 0 spiro atoms. The van der Waals surface area contributed by atoms with Gasteiger partial charge in [0.05, 0.1) is 19.2 Å². The van der Waals surface area contributed by atoms with Gasteiger partial charge in [0.15, 0.2) is 0 Å². The molecule has 1 atom stereocenters. The third-order valence-corrected chi connectivity index (χ3v) is 3.61. The van der Waals surface area contributed by atoms with Crippen LogP contribution < -0.4 is 5.73 Å². The molecule has 0 aromatic carbocycles. The summed E-state index contributed by atoms with van der Waals surface area (Å²) >= 11 is 0. The Morgan fingerprint density at radius 2 is 2.39 bits per heavy atom. The first-order valence-corrected chi connectivity index (χ1v) is 7.14. The highest BCUT2D eigenvalue weighted by atomic mass is 16.7. The van der Waals surface area contributed by atoms with Crippen LogP contribution in [0.3, 0.4) is 0 Å². The van der Waals surface area contributed by atoms with E-state index < -0.39 is 5.91 Å². The van der Waals surface area contributed by atoms with Gasteiger partial charge in [-0.25, -0.2) is 9.78 Å². The fourth-order valence-corrected chi connectivity index (χ4v) is 2.66. The van der Waals surface area contributed by atoms with Crippen LogP contribution in [0.2, 0.25) is 0 Å². The second kappa shape index (κ2) is 6.09. The molecule has 0 radical (unpaired) electrons. The summed E-state index contributed by atoms with van der Waals surface area (Å²) in [5, 5.41) is 1.37. The highest BCUT2D eigenvalue weighted by molar-refractivity contribution is 5.90. The SMILES string of the molecule is C=CCON1C(=O)N2CC(n3ccnc3/C=C/C(N)=O)=CC1C2. The molecule has 2 bridgehead atoms. The van der Waals surface area contributed by atoms with E-state index in [9.17, 15) is 9.59 Å². The van der Waals surface area contributed by atoms with E-state index in [1.54, 1.807) is 29.4 Å². The Balaban J connectivity index is 1.86. The van der Waals surface area contributed by atoms with Crippen LogP contribution >= 0.6 is 0 Å². The Morgan fingerprint density at radius 1 is 1.57 bits per heavy atom. The van der Waals surface area contributed by atoms with Crippen molar-refractivity contribution in [2.75, 3.05) is 19.7 Å². The molecule has 1 aromatic heterocycles. The van der Waals surface area contributed by atoms with Crippen molar-refractivity contribution in [3.05, 3.63) is 43.0 Å². The molecule has 1 unspecified atom stereocenters. The van der Waals surface area contributed by atoms with Crippen molar-refractivity contribution in [3.63, 3.8) is 0 Å². The van der Waals surface area contributed by atoms with Gasteiger partial charge < -0.3 is 15.2 Å². The number of hydrogen-bond donors (Lipinski definition) is 1. The molecule has 0 aliphatic carbocycles. The number of carbonyl (C=O) groups excluding carboxylic acids is 2. The zero-order valence-electron chi connectivity index (χ0n) is 12.5. The number of urea groups is 1. The summed E-state index contributed by atoms with van der Waals surface area (Å²) in [5.74, 6) is 0.0312. The summed E-state index contributed by atoms with van der Waals surface area (Å²) in [5.41, 5.74) is 6.00. The minimum atomic E-state index is -0.542. The molecule has 120 valence electrons. The molecular weight excluding hydrogens is 298 g/mol. The quantitative estimate of drug-likeness (QED) is 0.609. The van der Waals surface area contributed by atoms with Crippen LogP contribution in [0.15, 0.2) is 37.2 Å². The largest absolute Gasteiger partial charge is 0.366 e. The first kappa shape index (κ1) is 15.0. The van der Waals surface area contributed by atoms with E-state index in [2.05, 4.69) is 11.6 Å². The van der Waals surface area contributed by atoms with Crippen LogP contribution in [0.4, 0.5) is 4.79 Å². The fourth-order valence-electron chi connectivity index (χ4n) is 2.66. The number of hydrogen-bond acceptors (Lipinski definition) is 4. The Kier molecular flexibility index (Phi) is 3.98. The fraction of sp³-hybridized carbons (Fsp3) is 0.267. The zero-order valence-corrected chi connectivity index (χ0v) is 12.5. The highest BCUT2D eigenvalue weighted by Gasteiger charge is 2.41. The molecule has 1 fully saturated rings. The summed E-state index contributed by atoms with van der Waals surface area (Å²) in [4.78, 5) is 34.5. The number of nitrogens with zero attached hydrogens (tertiary/aromatic N) is 4. The average Bonchev–Trinajstić information content (AvgIpc) is 3.08. The molecule has 1 saturated heterocycles. The number of rotatable bonds is 6. The number of amides is 3. The summed E-state index contributed by atoms with van der Waals surface area (Å²) < 4.78 is 1.82. The van der Waals surface area contributed by atoms with Crippen molar-refractivity contribution in [3.8, 4) is 0 Å². The molecule has 3 amide bonds. The first-order valence-electron chi connectivity index (χ1n) is 7.14. The van der Waals surface area contributed by atoms with Gasteiger partial charge >= 0.3 is 6.03 Å². The molecule has 2 N–H and O–H groups in total. The van der Waals surface area contributed by atoms with Gasteiger partial charge in [-0.15, -0.1) is 6.58 Å². The van der Waals surface area contributed by atoms with Gasteiger partial charge in [-0.3, -0.25) is 9.63 Å². The molecular formula is C15H17N5O3. The maximum atomic E-state index is 12.3. The van der Waals surface area contributed by atoms with Crippen molar-refractivity contribution in [1.82, 2.24) is 19.5 Å². The lowest BCUT2D eigenvalue weighted by atomic mass is 10.2. The second-order valence-electron chi connectivity index (χ2n) is 5.19. The van der Waals surface area contributed by atoms with Gasteiger partial charge in [0.2, 0.25) is 5.91 Å². The van der Waals surface area contributed by atoms with Crippen LogP contribution in [0.1, 0.15) is 5.82 Å². The van der Waals surface area contributed by atoms with E-state index in [1.165, 1.54) is 11.1 Å². The van der Waals surface area contributed by atoms with Crippen LogP contribution in [-0.4, -0.2) is 57.2 Å². The van der Waals surface area contributed by atoms with Gasteiger partial charge in [0, 0.05) is 30.7 Å². The third-order valence-electron chi connectivity index (χ3n) is 3.61. The van der Waals surface area contributed by atoms with Crippen molar-refractivity contribution in [1.29, 1.82) is 0 Å². The summed E-state index contributed by atoms with van der Waals surface area (Å²) in [7, 11) is 0. The van der Waals surface area contributed by atoms with E-state index in [4.69, 9.17) is 10.6 Å². The Morgan fingerprint density at radius 3 is 3.13 bits per heavy atom. The summed E-state index contributed by atoms with van der Waals surface area (Å²) in [6.07, 6.45) is 9.76. The van der Waals surface area contributed by atoms with E-state index in [-0.39, 0.29) is 18.7 Å². The van der Waals surface area contributed by atoms with Crippen LogP contribution in [0.5, 0.6) is 0 Å². The van der Waals surface area contributed by atoms with E-state index in [0.29, 0.717) is 18.9 Å². The van der Waals surface area contributed by atoms with Crippen LogP contribution in [-0.2, 0) is 9.63 Å². The standard InChI is InChI=1S/C15H17N5O3/c1-2-7-23-20-12-8-11(9-18(10-12)15(20)22)19-6-5-17-14(19)4-3-13(16)21/h2-6,8,12H,1,7,9-10H2,(H2,16,21)/b4-3+. The van der Waals surface area contributed by atoms with Gasteiger partial charge in [-0.05, 0) is 12.2 Å². The number of aromatic nitrogens is 2. The van der Waals surface area contributed by atoms with Gasteiger partial charge in [-0.1, -0.05) is 6.08 Å². The number of primary amides is 1. The number of imidazole rings is 1. The summed E-state index contributed by atoms with van der Waals surface area (Å²) in [6.45, 7) is 4.88. The molecule has 23 heavy (non-hydrogen) atoms. The van der Waals surface area contributed by atoms with Gasteiger partial charge in [0.25, 0.3) is 0 Å². The van der Waals surface area contributed by atoms with Crippen LogP contribution in [0, 0.1) is 0 Å². The van der Waals surface area contributed by atoms with E-state index >= 15 is 0 Å². The number of nitrogens with two attached hydrogens (primary N) is 1. The minimum absolute atomic E-state index is 0.165. The minimum Gasteiger partial charge on any atom is -0.366 e. The van der Waals surface area contributed by atoms with Crippen molar-refractivity contribution in [2.45, 2.75) is 6.04 Å². The second-order valence-corrected chi connectivity index (χ2v) is 5.19. The normalized spacial score (nSPS) is 20.3. The number of fused-ring (bicyclic) bond motifs is 2. The molecule has 3 heterocycles. The van der Waals surface area contributed by atoms with Gasteiger partial charge in [-0.2, -0.15) is 5.06 Å². The van der Waals surface area contributed by atoms with Crippen molar-refractivity contribution >= 4 is 23.7 Å². The molecule has 0 saturated carbocycles. The van der Waals surface area contributed by atoms with Gasteiger partial charge in [0.1, 0.15) is 5.82 Å². The molecule has 8 nitrogen and oxygen atoms in total. The lowest BCUT2D eigenvalue weighted by Crippen LogP contribution is -2.33. The average molecular weight is 315 g/mol. The predicted octanol–water partition coefficient (Wildman–Crippen LogP) is 0.460. The zero-order chi connectivity index (χ0) is 16.4. The van der Waals surface area contributed by atoms with Crippen molar-refractivity contribution < 1.29 is 14.4 Å². The lowest BCUT2D eigenvalue weighted by molar-refractivity contribution is -0.113. The van der Waals surface area contributed by atoms with Crippen molar-refractivity contribution in [2.24, 2.45) is 5.73 Å². The molecule has 8 heteroatoms. The Labute approximate surface area is 133 Å². The number of carbonyl (C=O) groups is 2. The molecule has 2 aliphatic rings. The molecule has 1 aromatic rings. The maximum absolute atomic E-state index is 12.3. The first-order chi connectivity index (χ1) is 11.1. The predicted molar refractivity (Wildman–Crippen MR) is 83.5 cm³/mol. The van der Waals surface area contributed by atoms with E-state index in [0.717, 1.165) is 5.70 Å². The Bertz CT molecular complexity index is 706. The lowest BCUT2D eigenvalue weighted by Gasteiger charge is -2.22. The Hall–Kier alpha value is -2.87. The van der Waals surface area contributed by atoms with E-state index in [1.807, 2.05) is 10.6 Å². The molecule has 3 rings (SSSR count). The maximum Gasteiger partial charge on any atom is 0.345 e. The smallest absolute Gasteiger partial charge is 0.345 e. The highest BCUT2D eigenvalue weighted by Crippen LogP contribution is 2.27. The topological polar surface area (TPSA) is 93.7 Å².